The Bertz CT molecular complexity index is 688. The van der Waals surface area contributed by atoms with Crippen LogP contribution in [0.25, 0.3) is 0 Å². The Hall–Kier alpha value is -1.82. The number of anilines is 1. The Morgan fingerprint density at radius 3 is 2.77 bits per heavy atom. The van der Waals surface area contributed by atoms with Crippen molar-refractivity contribution >= 4 is 34.2 Å². The highest BCUT2D eigenvalue weighted by Crippen LogP contribution is 2.33. The van der Waals surface area contributed by atoms with E-state index in [1.54, 1.807) is 11.8 Å². The molecule has 0 aromatic heterocycles. The Balaban J connectivity index is 1.83. The van der Waals surface area contributed by atoms with Crippen LogP contribution in [0.1, 0.15) is 44.7 Å². The molecular weight excluding hydrogens is 296 g/mol. The maximum Gasteiger partial charge on any atom is 0.231 e. The molecule has 1 atom stereocenters. The molecule has 2 aliphatic rings. The zero-order valence-corrected chi connectivity index (χ0v) is 14.0. The highest BCUT2D eigenvalue weighted by molar-refractivity contribution is 8.14. The quantitative estimate of drug-likeness (QED) is 0.837. The Kier molecular flexibility index (Phi) is 3.72. The molecule has 0 saturated carbocycles. The van der Waals surface area contributed by atoms with Gasteiger partial charge in [-0.2, -0.15) is 5.10 Å². The number of rotatable bonds is 1. The molecule has 22 heavy (non-hydrogen) atoms. The number of fused-ring (bicyclic) bond motifs is 1. The van der Waals surface area contributed by atoms with Crippen LogP contribution in [0.4, 0.5) is 5.69 Å². The summed E-state index contributed by atoms with van der Waals surface area (Å²) in [6.45, 7) is 8.11. The minimum atomic E-state index is -0.114. The van der Waals surface area contributed by atoms with Crippen LogP contribution in [0.5, 0.6) is 0 Å². The van der Waals surface area contributed by atoms with Crippen LogP contribution in [0.3, 0.4) is 0 Å². The summed E-state index contributed by atoms with van der Waals surface area (Å²) in [5, 5.41) is 8.19. The van der Waals surface area contributed by atoms with Gasteiger partial charge in [-0.05, 0) is 51.0 Å². The van der Waals surface area contributed by atoms with Crippen LogP contribution in [0.15, 0.2) is 28.3 Å². The van der Waals surface area contributed by atoms with Gasteiger partial charge in [-0.15, -0.1) is 0 Å². The van der Waals surface area contributed by atoms with E-state index in [4.69, 9.17) is 0 Å². The Morgan fingerprint density at radius 2 is 2.14 bits per heavy atom. The number of thioether (sulfide) groups is 1. The smallest absolute Gasteiger partial charge is 0.231 e. The van der Waals surface area contributed by atoms with Crippen molar-refractivity contribution in [1.29, 1.82) is 0 Å². The van der Waals surface area contributed by atoms with E-state index in [0.29, 0.717) is 0 Å². The molecule has 0 saturated heterocycles. The van der Waals surface area contributed by atoms with Crippen LogP contribution in [0.2, 0.25) is 0 Å². The lowest BCUT2D eigenvalue weighted by Crippen LogP contribution is -2.28. The average Bonchev–Trinajstić information content (AvgIpc) is 2.73. The van der Waals surface area contributed by atoms with Gasteiger partial charge in [0.15, 0.2) is 5.17 Å². The van der Waals surface area contributed by atoms with Gasteiger partial charge in [-0.25, -0.2) is 0 Å². The van der Waals surface area contributed by atoms with Crippen molar-refractivity contribution in [3.05, 3.63) is 29.3 Å². The third kappa shape index (κ3) is 3.02. The third-order valence-corrected chi connectivity index (χ3v) is 4.45. The molecule has 0 unspecified atom stereocenters. The topological polar surface area (TPSA) is 65.8 Å². The average molecular weight is 316 g/mol. The summed E-state index contributed by atoms with van der Waals surface area (Å²) in [5.41, 5.74) is 6.90. The van der Waals surface area contributed by atoms with Crippen LogP contribution < -0.4 is 10.7 Å². The standard InChI is InChI=1S/C16H20N4OS/c1-9-11-7-10(5-6-12(11)17-14(9)21)13-8-22-15(20-19-13)18-16(2,3)4/h5-7,9H,8H2,1-4H3,(H,17,21)(H,18,20)/t9-/m1/s1. The molecule has 5 nitrogen and oxygen atoms in total. The lowest BCUT2D eigenvalue weighted by Gasteiger charge is -2.19. The van der Waals surface area contributed by atoms with E-state index in [9.17, 15) is 4.79 Å². The van der Waals surface area contributed by atoms with Gasteiger partial charge in [0.2, 0.25) is 5.91 Å². The molecule has 2 heterocycles. The third-order valence-electron chi connectivity index (χ3n) is 3.57. The predicted molar refractivity (Wildman–Crippen MR) is 92.8 cm³/mol. The zero-order chi connectivity index (χ0) is 15.9. The molecular formula is C16H20N4OS. The van der Waals surface area contributed by atoms with Crippen molar-refractivity contribution in [1.82, 2.24) is 5.43 Å². The maximum absolute atomic E-state index is 11.7. The van der Waals surface area contributed by atoms with Gasteiger partial charge in [0.05, 0.1) is 17.2 Å². The van der Waals surface area contributed by atoms with E-state index in [1.807, 2.05) is 19.1 Å². The van der Waals surface area contributed by atoms with Gasteiger partial charge in [-0.3, -0.25) is 15.2 Å². The molecule has 0 radical (unpaired) electrons. The lowest BCUT2D eigenvalue weighted by molar-refractivity contribution is -0.116. The summed E-state index contributed by atoms with van der Waals surface area (Å²) in [4.78, 5) is 16.3. The molecule has 2 aliphatic heterocycles. The van der Waals surface area contributed by atoms with Crippen LogP contribution in [-0.4, -0.2) is 28.1 Å². The Morgan fingerprint density at radius 1 is 1.36 bits per heavy atom. The number of carbonyl (C=O) groups is 1. The van der Waals surface area contributed by atoms with E-state index < -0.39 is 0 Å². The fourth-order valence-corrected chi connectivity index (χ4v) is 3.38. The number of hydrogen-bond donors (Lipinski definition) is 2. The van der Waals surface area contributed by atoms with Gasteiger partial charge in [0.25, 0.3) is 0 Å². The highest BCUT2D eigenvalue weighted by atomic mass is 32.2. The van der Waals surface area contributed by atoms with E-state index in [0.717, 1.165) is 33.4 Å². The first kappa shape index (κ1) is 15.1. The highest BCUT2D eigenvalue weighted by Gasteiger charge is 2.27. The second-order valence-electron chi connectivity index (χ2n) is 6.56. The molecule has 2 N–H and O–H groups in total. The van der Waals surface area contributed by atoms with E-state index in [-0.39, 0.29) is 17.4 Å². The van der Waals surface area contributed by atoms with E-state index in [1.165, 1.54) is 0 Å². The first-order valence-corrected chi connectivity index (χ1v) is 8.32. The molecule has 0 aliphatic carbocycles. The minimum Gasteiger partial charge on any atom is -0.325 e. The molecule has 3 rings (SSSR count). The van der Waals surface area contributed by atoms with Crippen molar-refractivity contribution < 1.29 is 4.79 Å². The number of hydrazone groups is 1. The van der Waals surface area contributed by atoms with Crippen LogP contribution in [-0.2, 0) is 4.79 Å². The van der Waals surface area contributed by atoms with Gasteiger partial charge < -0.3 is 5.32 Å². The number of benzene rings is 1. The summed E-state index contributed by atoms with van der Waals surface area (Å²) < 4.78 is 0. The second kappa shape index (κ2) is 5.43. The SMILES string of the molecule is C[C@H]1C(=O)Nc2ccc(C3=NNC(=NC(C)(C)C)SC3)cc21. The zero-order valence-electron chi connectivity index (χ0n) is 13.2. The minimum absolute atomic E-state index is 0.0600. The summed E-state index contributed by atoms with van der Waals surface area (Å²) >= 11 is 1.65. The molecule has 0 spiro atoms. The summed E-state index contributed by atoms with van der Waals surface area (Å²) in [6, 6.07) is 6.02. The monoisotopic (exact) mass is 316 g/mol. The second-order valence-corrected chi connectivity index (χ2v) is 7.52. The first-order valence-electron chi connectivity index (χ1n) is 7.34. The Labute approximate surface area is 134 Å². The van der Waals surface area contributed by atoms with Crippen LogP contribution >= 0.6 is 11.8 Å². The lowest BCUT2D eigenvalue weighted by atomic mass is 9.99. The first-order chi connectivity index (χ1) is 10.3. The maximum atomic E-state index is 11.7. The largest absolute Gasteiger partial charge is 0.325 e. The molecule has 0 fully saturated rings. The molecule has 1 aromatic carbocycles. The predicted octanol–water partition coefficient (Wildman–Crippen LogP) is 2.94. The van der Waals surface area contributed by atoms with Gasteiger partial charge in [0.1, 0.15) is 0 Å². The molecule has 0 bridgehead atoms. The molecule has 1 amide bonds. The number of nitrogens with zero attached hydrogens (tertiary/aromatic N) is 2. The van der Waals surface area contributed by atoms with Gasteiger partial charge in [-0.1, -0.05) is 17.8 Å². The van der Waals surface area contributed by atoms with E-state index >= 15 is 0 Å². The fourth-order valence-electron chi connectivity index (χ4n) is 2.42. The van der Waals surface area contributed by atoms with Gasteiger partial charge in [0, 0.05) is 11.4 Å². The number of carbonyl (C=O) groups excluding carboxylic acids is 1. The number of amidine groups is 1. The van der Waals surface area contributed by atoms with Crippen molar-refractivity contribution in [2.75, 3.05) is 11.1 Å². The summed E-state index contributed by atoms with van der Waals surface area (Å²) in [7, 11) is 0. The number of aliphatic imine (C=N–C) groups is 1. The normalized spacial score (nSPS) is 22.9. The number of hydrogen-bond acceptors (Lipinski definition) is 4. The number of amides is 1. The van der Waals surface area contributed by atoms with Crippen molar-refractivity contribution in [2.24, 2.45) is 10.1 Å². The van der Waals surface area contributed by atoms with Crippen molar-refractivity contribution in [2.45, 2.75) is 39.2 Å². The van der Waals surface area contributed by atoms with Gasteiger partial charge >= 0.3 is 0 Å². The number of nitrogens with one attached hydrogen (secondary N) is 2. The summed E-state index contributed by atoms with van der Waals surface area (Å²) in [6.07, 6.45) is 0. The fraction of sp³-hybridized carbons (Fsp3) is 0.438. The molecule has 6 heteroatoms. The summed E-state index contributed by atoms with van der Waals surface area (Å²) in [5.74, 6) is 0.735. The van der Waals surface area contributed by atoms with Crippen molar-refractivity contribution in [3.8, 4) is 0 Å². The van der Waals surface area contributed by atoms with E-state index in [2.05, 4.69) is 47.7 Å². The van der Waals surface area contributed by atoms with Crippen LogP contribution in [0, 0.1) is 0 Å². The molecule has 1 aromatic rings. The molecule has 116 valence electrons. The van der Waals surface area contributed by atoms with Crippen molar-refractivity contribution in [3.63, 3.8) is 0 Å².